The fraction of sp³-hybridized carbons (Fsp3) is 0.562. The smallest absolute Gasteiger partial charge is 0.263 e. The summed E-state index contributed by atoms with van der Waals surface area (Å²) in [7, 11) is 1.82. The molecule has 1 saturated heterocycles. The number of carbonyl (C=O) groups is 1. The van der Waals surface area contributed by atoms with Crippen LogP contribution in [0.4, 0.5) is 0 Å². The number of likely N-dealkylation sites (N-methyl/N-ethyl adjacent to an activating group) is 1. The SMILES string of the molecule is Cc1cccc(CNC(C)C)c1OC1CCN(C)C1=O. The molecule has 1 heterocycles. The number of aryl methyl sites for hydroxylation is 1. The number of amides is 1. The lowest BCUT2D eigenvalue weighted by Gasteiger charge is -2.19. The Hall–Kier alpha value is -1.55. The summed E-state index contributed by atoms with van der Waals surface area (Å²) in [4.78, 5) is 13.7. The monoisotopic (exact) mass is 276 g/mol. The third-order valence-electron chi connectivity index (χ3n) is 3.63. The van der Waals surface area contributed by atoms with E-state index in [9.17, 15) is 4.79 Å². The minimum Gasteiger partial charge on any atom is -0.480 e. The molecule has 1 aromatic rings. The molecule has 1 amide bonds. The van der Waals surface area contributed by atoms with Crippen LogP contribution >= 0.6 is 0 Å². The quantitative estimate of drug-likeness (QED) is 0.895. The van der Waals surface area contributed by atoms with Gasteiger partial charge in [0.15, 0.2) is 6.10 Å². The molecule has 2 rings (SSSR count). The minimum absolute atomic E-state index is 0.0796. The minimum atomic E-state index is -0.334. The second-order valence-corrected chi connectivity index (χ2v) is 5.75. The zero-order valence-corrected chi connectivity index (χ0v) is 12.8. The number of likely N-dealkylation sites (tertiary alicyclic amines) is 1. The Bertz CT molecular complexity index is 485. The molecule has 0 aromatic heterocycles. The van der Waals surface area contributed by atoms with E-state index in [1.54, 1.807) is 4.90 Å². The highest BCUT2D eigenvalue weighted by molar-refractivity contribution is 5.83. The molecular weight excluding hydrogens is 252 g/mol. The van der Waals surface area contributed by atoms with Crippen molar-refractivity contribution in [1.29, 1.82) is 0 Å². The molecule has 0 bridgehead atoms. The van der Waals surface area contributed by atoms with E-state index < -0.39 is 0 Å². The lowest BCUT2D eigenvalue weighted by molar-refractivity contribution is -0.132. The lowest BCUT2D eigenvalue weighted by Crippen LogP contribution is -2.30. The molecule has 0 spiro atoms. The van der Waals surface area contributed by atoms with E-state index in [4.69, 9.17) is 4.74 Å². The van der Waals surface area contributed by atoms with Gasteiger partial charge in [0.1, 0.15) is 5.75 Å². The Morgan fingerprint density at radius 3 is 2.80 bits per heavy atom. The third kappa shape index (κ3) is 3.31. The summed E-state index contributed by atoms with van der Waals surface area (Å²) in [5.74, 6) is 0.935. The van der Waals surface area contributed by atoms with Gasteiger partial charge in [0.25, 0.3) is 5.91 Å². The second-order valence-electron chi connectivity index (χ2n) is 5.75. The predicted molar refractivity (Wildman–Crippen MR) is 79.8 cm³/mol. The third-order valence-corrected chi connectivity index (χ3v) is 3.63. The molecule has 1 fully saturated rings. The molecule has 1 aromatic carbocycles. The average molecular weight is 276 g/mol. The summed E-state index contributed by atoms with van der Waals surface area (Å²) < 4.78 is 6.02. The largest absolute Gasteiger partial charge is 0.480 e. The Labute approximate surface area is 121 Å². The first kappa shape index (κ1) is 14.9. The molecule has 0 radical (unpaired) electrons. The molecule has 1 atom stereocenters. The molecule has 4 heteroatoms. The molecule has 1 N–H and O–H groups in total. The van der Waals surface area contributed by atoms with Crippen LogP contribution in [0.5, 0.6) is 5.75 Å². The first-order valence-electron chi connectivity index (χ1n) is 7.22. The molecule has 1 aliphatic rings. The van der Waals surface area contributed by atoms with E-state index in [0.717, 1.165) is 36.4 Å². The average Bonchev–Trinajstić information content (AvgIpc) is 2.71. The van der Waals surface area contributed by atoms with Gasteiger partial charge >= 0.3 is 0 Å². The second kappa shape index (κ2) is 6.27. The van der Waals surface area contributed by atoms with Crippen LogP contribution in [0.15, 0.2) is 18.2 Å². The van der Waals surface area contributed by atoms with Crippen molar-refractivity contribution in [3.63, 3.8) is 0 Å². The highest BCUT2D eigenvalue weighted by Gasteiger charge is 2.31. The maximum absolute atomic E-state index is 12.0. The number of ether oxygens (including phenoxy) is 1. The molecular formula is C16H24N2O2. The van der Waals surface area contributed by atoms with Gasteiger partial charge in [0, 0.05) is 38.2 Å². The van der Waals surface area contributed by atoms with Crippen molar-refractivity contribution in [3.05, 3.63) is 29.3 Å². The number of nitrogens with zero attached hydrogens (tertiary/aromatic N) is 1. The summed E-state index contributed by atoms with van der Waals surface area (Å²) in [6, 6.07) is 6.53. The van der Waals surface area contributed by atoms with Gasteiger partial charge in [-0.3, -0.25) is 4.79 Å². The topological polar surface area (TPSA) is 41.6 Å². The molecule has 4 nitrogen and oxygen atoms in total. The van der Waals surface area contributed by atoms with Gasteiger partial charge < -0.3 is 15.0 Å². The first-order chi connectivity index (χ1) is 9.49. The Balaban J connectivity index is 2.15. The number of rotatable bonds is 5. The summed E-state index contributed by atoms with van der Waals surface area (Å²) in [5, 5.41) is 3.40. The standard InChI is InChI=1S/C16H24N2O2/c1-11(2)17-10-13-7-5-6-12(3)15(13)20-14-8-9-18(4)16(14)19/h5-7,11,14,17H,8-10H2,1-4H3. The van der Waals surface area contributed by atoms with E-state index >= 15 is 0 Å². The van der Waals surface area contributed by atoms with Crippen molar-refractivity contribution < 1.29 is 9.53 Å². The summed E-state index contributed by atoms with van der Waals surface area (Å²) in [6.45, 7) is 7.79. The lowest BCUT2D eigenvalue weighted by atomic mass is 10.1. The van der Waals surface area contributed by atoms with Gasteiger partial charge in [-0.2, -0.15) is 0 Å². The Morgan fingerprint density at radius 1 is 1.45 bits per heavy atom. The van der Waals surface area contributed by atoms with E-state index in [2.05, 4.69) is 25.2 Å². The number of para-hydroxylation sites is 1. The van der Waals surface area contributed by atoms with Crippen molar-refractivity contribution in [2.24, 2.45) is 0 Å². The Kier molecular flexibility index (Phi) is 4.65. The molecule has 20 heavy (non-hydrogen) atoms. The highest BCUT2D eigenvalue weighted by atomic mass is 16.5. The van der Waals surface area contributed by atoms with Crippen molar-refractivity contribution in [2.45, 2.75) is 45.9 Å². The van der Waals surface area contributed by atoms with E-state index in [1.165, 1.54) is 0 Å². The van der Waals surface area contributed by atoms with Crippen molar-refractivity contribution in [1.82, 2.24) is 10.2 Å². The van der Waals surface area contributed by atoms with E-state index in [-0.39, 0.29) is 12.0 Å². The van der Waals surface area contributed by atoms with Crippen molar-refractivity contribution >= 4 is 5.91 Å². The summed E-state index contributed by atoms with van der Waals surface area (Å²) in [6.07, 6.45) is 0.430. The van der Waals surface area contributed by atoms with E-state index in [1.807, 2.05) is 26.1 Å². The number of hydrogen-bond donors (Lipinski definition) is 1. The Morgan fingerprint density at radius 2 is 2.20 bits per heavy atom. The van der Waals surface area contributed by atoms with Crippen LogP contribution in [-0.4, -0.2) is 36.5 Å². The zero-order chi connectivity index (χ0) is 14.7. The van der Waals surface area contributed by atoms with Crippen LogP contribution in [-0.2, 0) is 11.3 Å². The summed E-state index contributed by atoms with van der Waals surface area (Å²) >= 11 is 0. The number of carbonyl (C=O) groups excluding carboxylic acids is 1. The molecule has 0 saturated carbocycles. The van der Waals surface area contributed by atoms with Gasteiger partial charge in [-0.25, -0.2) is 0 Å². The predicted octanol–water partition coefficient (Wildman–Crippen LogP) is 2.10. The number of nitrogens with one attached hydrogen (secondary N) is 1. The molecule has 1 unspecified atom stereocenters. The van der Waals surface area contributed by atoms with Crippen molar-refractivity contribution in [3.8, 4) is 5.75 Å². The van der Waals surface area contributed by atoms with Crippen LogP contribution in [0.3, 0.4) is 0 Å². The van der Waals surface area contributed by atoms with Gasteiger partial charge in [0.2, 0.25) is 0 Å². The van der Waals surface area contributed by atoms with Crippen LogP contribution in [0.2, 0.25) is 0 Å². The molecule has 110 valence electrons. The zero-order valence-electron chi connectivity index (χ0n) is 12.8. The fourth-order valence-electron chi connectivity index (χ4n) is 2.38. The first-order valence-corrected chi connectivity index (χ1v) is 7.22. The van der Waals surface area contributed by atoms with Gasteiger partial charge in [-0.1, -0.05) is 32.0 Å². The van der Waals surface area contributed by atoms with E-state index in [0.29, 0.717) is 6.04 Å². The van der Waals surface area contributed by atoms with Crippen LogP contribution < -0.4 is 10.1 Å². The van der Waals surface area contributed by atoms with Crippen LogP contribution in [0, 0.1) is 6.92 Å². The fourth-order valence-corrected chi connectivity index (χ4v) is 2.38. The normalized spacial score (nSPS) is 18.9. The highest BCUT2D eigenvalue weighted by Crippen LogP contribution is 2.27. The van der Waals surface area contributed by atoms with Gasteiger partial charge in [0.05, 0.1) is 0 Å². The number of benzene rings is 1. The summed E-state index contributed by atoms with van der Waals surface area (Å²) in [5.41, 5.74) is 2.19. The maximum Gasteiger partial charge on any atom is 0.263 e. The van der Waals surface area contributed by atoms with Crippen LogP contribution in [0.25, 0.3) is 0 Å². The maximum atomic E-state index is 12.0. The number of hydrogen-bond acceptors (Lipinski definition) is 3. The van der Waals surface area contributed by atoms with Crippen LogP contribution in [0.1, 0.15) is 31.4 Å². The van der Waals surface area contributed by atoms with Gasteiger partial charge in [-0.15, -0.1) is 0 Å². The molecule has 0 aliphatic carbocycles. The van der Waals surface area contributed by atoms with Crippen molar-refractivity contribution in [2.75, 3.05) is 13.6 Å². The molecule has 1 aliphatic heterocycles. The van der Waals surface area contributed by atoms with Gasteiger partial charge in [-0.05, 0) is 12.5 Å².